The van der Waals surface area contributed by atoms with Crippen molar-refractivity contribution in [3.05, 3.63) is 34.6 Å². The number of rotatable bonds is 1. The molecule has 0 aromatic heterocycles. The van der Waals surface area contributed by atoms with Crippen molar-refractivity contribution in [2.24, 2.45) is 11.3 Å². The second kappa shape index (κ2) is 4.79. The van der Waals surface area contributed by atoms with Crippen molar-refractivity contribution in [1.82, 2.24) is 4.90 Å². The van der Waals surface area contributed by atoms with E-state index in [0.717, 1.165) is 42.6 Å². The van der Waals surface area contributed by atoms with Gasteiger partial charge in [-0.2, -0.15) is 0 Å². The van der Waals surface area contributed by atoms with Gasteiger partial charge in [0.05, 0.1) is 5.60 Å². The predicted octanol–water partition coefficient (Wildman–Crippen LogP) is 3.25. The number of fused-ring (bicyclic) bond motifs is 1. The molecule has 116 valence electrons. The van der Waals surface area contributed by atoms with Crippen molar-refractivity contribution in [3.63, 3.8) is 0 Å². The highest BCUT2D eigenvalue weighted by Gasteiger charge is 2.57. The van der Waals surface area contributed by atoms with Crippen LogP contribution < -0.4 is 0 Å². The summed E-state index contributed by atoms with van der Waals surface area (Å²) in [5, 5.41) is 11.7. The molecule has 1 heterocycles. The van der Waals surface area contributed by atoms with Gasteiger partial charge in [-0.1, -0.05) is 19.9 Å². The van der Waals surface area contributed by atoms with Gasteiger partial charge in [-0.25, -0.2) is 4.39 Å². The number of benzene rings is 1. The van der Waals surface area contributed by atoms with Crippen molar-refractivity contribution < 1.29 is 9.50 Å². The third kappa shape index (κ3) is 2.05. The van der Waals surface area contributed by atoms with Crippen LogP contribution in [0.1, 0.15) is 43.4 Å². The fourth-order valence-corrected chi connectivity index (χ4v) is 4.54. The lowest BCUT2D eigenvalue weighted by Crippen LogP contribution is -2.49. The Kier molecular flexibility index (Phi) is 3.42. The molecule has 1 N–H and O–H groups in total. The molecule has 3 heteroatoms. The van der Waals surface area contributed by atoms with Crippen molar-refractivity contribution in [2.75, 3.05) is 20.1 Å². The fourth-order valence-electron chi connectivity index (χ4n) is 4.54. The number of nitrogens with zero attached hydrogens (tertiary/aromatic N) is 1. The summed E-state index contributed by atoms with van der Waals surface area (Å²) in [7, 11) is 2.12. The average Bonchev–Trinajstić information content (AvgIpc) is 2.64. The van der Waals surface area contributed by atoms with E-state index in [1.165, 1.54) is 0 Å². The minimum Gasteiger partial charge on any atom is -0.384 e. The fraction of sp³-hybridized carbons (Fsp3) is 0.667. The Bertz CT molecular complexity index is 561. The predicted molar refractivity (Wildman–Crippen MR) is 82.7 cm³/mol. The highest BCUT2D eigenvalue weighted by atomic mass is 19.1. The molecule has 1 fully saturated rings. The molecule has 0 radical (unpaired) electrons. The summed E-state index contributed by atoms with van der Waals surface area (Å²) < 4.78 is 14.3. The molecule has 1 aliphatic carbocycles. The SMILES string of the molecule is Cc1ccc(F)c2c1C(O)(C1CCN(C)CC1)C(C)(C)C2. The summed E-state index contributed by atoms with van der Waals surface area (Å²) >= 11 is 0. The Balaban J connectivity index is 2.11. The van der Waals surface area contributed by atoms with Crippen LogP contribution in [0.25, 0.3) is 0 Å². The number of piperidine rings is 1. The number of hydrogen-bond acceptors (Lipinski definition) is 2. The van der Waals surface area contributed by atoms with Crippen LogP contribution in [-0.4, -0.2) is 30.1 Å². The number of likely N-dealkylation sites (tertiary alicyclic amines) is 1. The molecule has 2 aliphatic rings. The lowest BCUT2D eigenvalue weighted by atomic mass is 9.65. The van der Waals surface area contributed by atoms with E-state index < -0.39 is 5.60 Å². The van der Waals surface area contributed by atoms with Gasteiger partial charge in [-0.05, 0) is 75.0 Å². The molecule has 3 rings (SSSR count). The molecular weight excluding hydrogens is 265 g/mol. The summed E-state index contributed by atoms with van der Waals surface area (Å²) in [5.41, 5.74) is 1.42. The summed E-state index contributed by atoms with van der Waals surface area (Å²) in [6.45, 7) is 8.19. The van der Waals surface area contributed by atoms with Crippen LogP contribution in [0, 0.1) is 24.1 Å². The normalized spacial score (nSPS) is 29.6. The van der Waals surface area contributed by atoms with Gasteiger partial charge in [0.25, 0.3) is 0 Å². The Morgan fingerprint density at radius 2 is 1.86 bits per heavy atom. The summed E-state index contributed by atoms with van der Waals surface area (Å²) in [4.78, 5) is 2.31. The van der Waals surface area contributed by atoms with E-state index in [0.29, 0.717) is 6.42 Å². The molecule has 1 aliphatic heterocycles. The molecule has 0 bridgehead atoms. The van der Waals surface area contributed by atoms with E-state index in [1.54, 1.807) is 6.07 Å². The molecule has 1 aromatic rings. The Labute approximate surface area is 127 Å². The molecular formula is C18H26FNO. The Hall–Kier alpha value is -0.930. The Morgan fingerprint density at radius 3 is 2.48 bits per heavy atom. The van der Waals surface area contributed by atoms with Gasteiger partial charge < -0.3 is 10.0 Å². The van der Waals surface area contributed by atoms with Gasteiger partial charge in [-0.3, -0.25) is 0 Å². The molecule has 1 aromatic carbocycles. The molecule has 0 saturated carbocycles. The van der Waals surface area contributed by atoms with Crippen LogP contribution in [0.15, 0.2) is 12.1 Å². The summed E-state index contributed by atoms with van der Waals surface area (Å²) in [5.74, 6) is 0.0537. The van der Waals surface area contributed by atoms with Crippen LogP contribution in [0.5, 0.6) is 0 Å². The highest BCUT2D eigenvalue weighted by molar-refractivity contribution is 5.47. The molecule has 21 heavy (non-hydrogen) atoms. The summed E-state index contributed by atoms with van der Waals surface area (Å²) in [6, 6.07) is 3.36. The largest absolute Gasteiger partial charge is 0.384 e. The van der Waals surface area contributed by atoms with Crippen molar-refractivity contribution >= 4 is 0 Å². The van der Waals surface area contributed by atoms with E-state index in [1.807, 2.05) is 13.0 Å². The minimum absolute atomic E-state index is 0.160. The second-order valence-corrected chi connectivity index (χ2v) is 7.62. The first-order valence-electron chi connectivity index (χ1n) is 7.97. The van der Waals surface area contributed by atoms with E-state index in [2.05, 4.69) is 25.8 Å². The zero-order chi connectivity index (χ0) is 15.4. The standard InChI is InChI=1S/C18H26FNO/c1-12-5-6-15(19)14-11-17(2,3)18(21,16(12)14)13-7-9-20(4)10-8-13/h5-6,13,21H,7-11H2,1-4H3. The first-order chi connectivity index (χ1) is 9.77. The smallest absolute Gasteiger partial charge is 0.126 e. The van der Waals surface area contributed by atoms with Crippen LogP contribution >= 0.6 is 0 Å². The lowest BCUT2D eigenvalue weighted by molar-refractivity contribution is -0.121. The van der Waals surface area contributed by atoms with Crippen LogP contribution in [0.4, 0.5) is 4.39 Å². The summed E-state index contributed by atoms with van der Waals surface area (Å²) in [6.07, 6.45) is 2.58. The zero-order valence-corrected chi connectivity index (χ0v) is 13.5. The van der Waals surface area contributed by atoms with Crippen LogP contribution in [0.3, 0.4) is 0 Å². The highest BCUT2D eigenvalue weighted by Crippen LogP contribution is 2.57. The molecule has 2 nitrogen and oxygen atoms in total. The first-order valence-corrected chi connectivity index (χ1v) is 7.97. The molecule has 1 unspecified atom stereocenters. The quantitative estimate of drug-likeness (QED) is 0.858. The number of halogens is 1. The zero-order valence-electron chi connectivity index (χ0n) is 13.5. The van der Waals surface area contributed by atoms with E-state index in [4.69, 9.17) is 0 Å². The molecule has 0 spiro atoms. The number of aliphatic hydroxyl groups is 1. The second-order valence-electron chi connectivity index (χ2n) is 7.62. The average molecular weight is 291 g/mol. The van der Waals surface area contributed by atoms with Gasteiger partial charge in [0, 0.05) is 5.41 Å². The third-order valence-electron chi connectivity index (χ3n) is 5.81. The van der Waals surface area contributed by atoms with Gasteiger partial charge in [-0.15, -0.1) is 0 Å². The van der Waals surface area contributed by atoms with E-state index in [-0.39, 0.29) is 17.2 Å². The maximum absolute atomic E-state index is 14.3. The van der Waals surface area contributed by atoms with Crippen LogP contribution in [0.2, 0.25) is 0 Å². The van der Waals surface area contributed by atoms with Crippen molar-refractivity contribution in [3.8, 4) is 0 Å². The number of aryl methyl sites for hydroxylation is 1. The first kappa shape index (κ1) is 15.0. The molecule has 1 atom stereocenters. The van der Waals surface area contributed by atoms with Crippen molar-refractivity contribution in [2.45, 2.75) is 45.6 Å². The minimum atomic E-state index is -0.907. The van der Waals surface area contributed by atoms with E-state index in [9.17, 15) is 9.50 Å². The molecule has 0 amide bonds. The number of hydrogen-bond donors (Lipinski definition) is 1. The van der Waals surface area contributed by atoms with Gasteiger partial charge >= 0.3 is 0 Å². The maximum atomic E-state index is 14.3. The molecule has 1 saturated heterocycles. The van der Waals surface area contributed by atoms with Gasteiger partial charge in [0.15, 0.2) is 0 Å². The monoisotopic (exact) mass is 291 g/mol. The third-order valence-corrected chi connectivity index (χ3v) is 5.81. The van der Waals surface area contributed by atoms with Crippen molar-refractivity contribution in [1.29, 1.82) is 0 Å². The van der Waals surface area contributed by atoms with E-state index >= 15 is 0 Å². The Morgan fingerprint density at radius 1 is 1.24 bits per heavy atom. The topological polar surface area (TPSA) is 23.5 Å². The maximum Gasteiger partial charge on any atom is 0.126 e. The van der Waals surface area contributed by atoms with Crippen LogP contribution in [-0.2, 0) is 12.0 Å². The van der Waals surface area contributed by atoms with Gasteiger partial charge in [0.2, 0.25) is 0 Å². The lowest BCUT2D eigenvalue weighted by Gasteiger charge is -2.47. The van der Waals surface area contributed by atoms with Gasteiger partial charge in [0.1, 0.15) is 5.82 Å².